The first kappa shape index (κ1) is 6.48. The van der Waals surface area contributed by atoms with E-state index >= 15 is 0 Å². The molecule has 2 N–H and O–H groups in total. The normalized spacial score (nSPS) is 10.6. The number of nitrogen functional groups attached to an aromatic ring is 1. The molecule has 0 bridgehead atoms. The van der Waals surface area contributed by atoms with Gasteiger partial charge < -0.3 is 5.73 Å². The lowest BCUT2D eigenvalue weighted by atomic mass is 10.3. The third kappa shape index (κ3) is 0.932. The molecule has 11 heavy (non-hydrogen) atoms. The lowest BCUT2D eigenvalue weighted by Crippen LogP contribution is -1.95. The summed E-state index contributed by atoms with van der Waals surface area (Å²) in [4.78, 5) is 8.88. The van der Waals surface area contributed by atoms with Gasteiger partial charge in [-0.3, -0.25) is 0 Å². The van der Waals surface area contributed by atoms with Gasteiger partial charge in [0.25, 0.3) is 0 Å². The van der Waals surface area contributed by atoms with Gasteiger partial charge >= 0.3 is 0 Å². The first-order valence-corrected chi connectivity index (χ1v) is 3.89. The fraction of sp³-hybridized carbons (Fsp3) is 0.167. The van der Waals surface area contributed by atoms with Crippen LogP contribution in [-0.4, -0.2) is 14.3 Å². The zero-order valence-electron chi connectivity index (χ0n) is 5.90. The molecule has 2 heterocycles. The maximum Gasteiger partial charge on any atom is 0.221 e. The van der Waals surface area contributed by atoms with Gasteiger partial charge in [-0.05, 0) is 18.5 Å². The van der Waals surface area contributed by atoms with E-state index in [-0.39, 0.29) is 0 Å². The quantitative estimate of drug-likeness (QED) is 0.633. The molecule has 0 saturated carbocycles. The first-order valence-electron chi connectivity index (χ1n) is 3.12. The minimum atomic E-state index is 0.319. The van der Waals surface area contributed by atoms with Gasteiger partial charge in [0.2, 0.25) is 5.95 Å². The van der Waals surface area contributed by atoms with Crippen LogP contribution in [-0.2, 0) is 0 Å². The number of rotatable bonds is 0. The number of fused-ring (bicyclic) bond motifs is 1. The average molecular weight is 166 g/mol. The third-order valence-corrected chi connectivity index (χ3v) is 2.13. The summed E-state index contributed by atoms with van der Waals surface area (Å²) < 4.78 is 3.99. The van der Waals surface area contributed by atoms with E-state index in [0.717, 1.165) is 15.9 Å². The molecular formula is C6H6N4S. The molecule has 0 aliphatic carbocycles. The van der Waals surface area contributed by atoms with Gasteiger partial charge in [0.15, 0.2) is 0 Å². The number of hydrogen-bond acceptors (Lipinski definition) is 5. The Bertz CT molecular complexity index is 394. The maximum atomic E-state index is 5.44. The number of anilines is 1. The van der Waals surface area contributed by atoms with E-state index in [4.69, 9.17) is 5.73 Å². The van der Waals surface area contributed by atoms with Crippen molar-refractivity contribution in [1.82, 2.24) is 14.3 Å². The zero-order valence-corrected chi connectivity index (χ0v) is 6.72. The van der Waals surface area contributed by atoms with Crippen LogP contribution in [0.1, 0.15) is 5.69 Å². The number of aromatic nitrogens is 3. The van der Waals surface area contributed by atoms with Crippen LogP contribution >= 0.6 is 11.5 Å². The minimum Gasteiger partial charge on any atom is -0.368 e. The van der Waals surface area contributed by atoms with Crippen LogP contribution in [0.3, 0.4) is 0 Å². The predicted octanol–water partition coefficient (Wildman–Crippen LogP) is 0.977. The monoisotopic (exact) mass is 166 g/mol. The van der Waals surface area contributed by atoms with E-state index in [2.05, 4.69) is 14.3 Å². The highest BCUT2D eigenvalue weighted by atomic mass is 32.1. The molecule has 0 fully saturated rings. The summed E-state index contributed by atoms with van der Waals surface area (Å²) in [6.07, 6.45) is 1.76. The summed E-state index contributed by atoms with van der Waals surface area (Å²) in [6.45, 7) is 1.90. The van der Waals surface area contributed by atoms with E-state index < -0.39 is 0 Å². The van der Waals surface area contributed by atoms with Crippen molar-refractivity contribution in [1.29, 1.82) is 0 Å². The Kier molecular flexibility index (Phi) is 1.25. The Morgan fingerprint density at radius 2 is 2.27 bits per heavy atom. The molecule has 2 aromatic rings. The van der Waals surface area contributed by atoms with Gasteiger partial charge in [0, 0.05) is 0 Å². The highest BCUT2D eigenvalue weighted by molar-refractivity contribution is 7.12. The highest BCUT2D eigenvalue weighted by Gasteiger charge is 2.02. The number of hydrogen-bond donors (Lipinski definition) is 1. The van der Waals surface area contributed by atoms with Gasteiger partial charge in [0.05, 0.1) is 17.3 Å². The van der Waals surface area contributed by atoms with E-state index in [9.17, 15) is 0 Å². The van der Waals surface area contributed by atoms with Crippen molar-refractivity contribution < 1.29 is 0 Å². The molecule has 0 aliphatic heterocycles. The molecule has 0 aromatic carbocycles. The number of aryl methyl sites for hydroxylation is 1. The molecule has 0 saturated heterocycles. The zero-order chi connectivity index (χ0) is 7.84. The van der Waals surface area contributed by atoms with Gasteiger partial charge in [-0.25, -0.2) is 9.97 Å². The molecule has 4 nitrogen and oxygen atoms in total. The van der Waals surface area contributed by atoms with Crippen molar-refractivity contribution in [3.05, 3.63) is 11.9 Å². The first-order chi connectivity index (χ1) is 5.27. The fourth-order valence-electron chi connectivity index (χ4n) is 0.923. The highest BCUT2D eigenvalue weighted by Crippen LogP contribution is 2.18. The smallest absolute Gasteiger partial charge is 0.221 e. The van der Waals surface area contributed by atoms with Crippen LogP contribution in [0.25, 0.3) is 10.2 Å². The summed E-state index contributed by atoms with van der Waals surface area (Å²) >= 11 is 1.33. The van der Waals surface area contributed by atoms with Gasteiger partial charge in [-0.2, -0.15) is 4.37 Å². The lowest BCUT2D eigenvalue weighted by molar-refractivity contribution is 1.18. The predicted molar refractivity (Wildman–Crippen MR) is 44.4 cm³/mol. The second kappa shape index (κ2) is 2.13. The standard InChI is InChI=1S/C6H6N4S/c1-3-4-2-8-11-5(4)10-6(7)9-3/h2H,1H3,(H2,7,9,10). The Balaban J connectivity index is 2.91. The van der Waals surface area contributed by atoms with Gasteiger partial charge in [-0.1, -0.05) is 0 Å². The van der Waals surface area contributed by atoms with Crippen LogP contribution in [0.5, 0.6) is 0 Å². The summed E-state index contributed by atoms with van der Waals surface area (Å²) in [5.74, 6) is 0.319. The van der Waals surface area contributed by atoms with E-state index in [1.165, 1.54) is 11.5 Å². The Morgan fingerprint density at radius 1 is 1.45 bits per heavy atom. The van der Waals surface area contributed by atoms with E-state index in [0.29, 0.717) is 5.95 Å². The number of nitrogens with zero attached hydrogens (tertiary/aromatic N) is 3. The molecule has 0 amide bonds. The van der Waals surface area contributed by atoms with Gasteiger partial charge in [-0.15, -0.1) is 0 Å². The molecule has 2 aromatic heterocycles. The molecule has 5 heteroatoms. The average Bonchev–Trinajstić information content (AvgIpc) is 2.34. The van der Waals surface area contributed by atoms with Crippen molar-refractivity contribution >= 4 is 27.7 Å². The molecule has 0 radical (unpaired) electrons. The van der Waals surface area contributed by atoms with Crippen molar-refractivity contribution in [3.63, 3.8) is 0 Å². The van der Waals surface area contributed by atoms with Crippen molar-refractivity contribution in [2.24, 2.45) is 0 Å². The summed E-state index contributed by atoms with van der Waals surface area (Å²) in [5.41, 5.74) is 6.33. The Hall–Kier alpha value is -1.23. The van der Waals surface area contributed by atoms with Crippen molar-refractivity contribution in [3.8, 4) is 0 Å². The van der Waals surface area contributed by atoms with Crippen molar-refractivity contribution in [2.45, 2.75) is 6.92 Å². The molecule has 0 atom stereocenters. The van der Waals surface area contributed by atoms with Gasteiger partial charge in [0.1, 0.15) is 4.83 Å². The number of nitrogens with two attached hydrogens (primary N) is 1. The van der Waals surface area contributed by atoms with Crippen molar-refractivity contribution in [2.75, 3.05) is 5.73 Å². The Labute approximate surface area is 67.3 Å². The van der Waals surface area contributed by atoms with Crippen LogP contribution in [0.15, 0.2) is 6.20 Å². The molecule has 0 aliphatic rings. The largest absolute Gasteiger partial charge is 0.368 e. The van der Waals surface area contributed by atoms with E-state index in [1.54, 1.807) is 6.20 Å². The minimum absolute atomic E-state index is 0.319. The maximum absolute atomic E-state index is 5.44. The molecule has 2 rings (SSSR count). The summed E-state index contributed by atoms with van der Waals surface area (Å²) in [6, 6.07) is 0. The SMILES string of the molecule is Cc1nc(N)nc2sncc12. The second-order valence-electron chi connectivity index (χ2n) is 2.21. The lowest BCUT2D eigenvalue weighted by Gasteiger charge is -1.94. The summed E-state index contributed by atoms with van der Waals surface area (Å²) in [7, 11) is 0. The van der Waals surface area contributed by atoms with E-state index in [1.807, 2.05) is 6.92 Å². The van der Waals surface area contributed by atoms with Crippen LogP contribution < -0.4 is 5.73 Å². The van der Waals surface area contributed by atoms with Crippen LogP contribution in [0.4, 0.5) is 5.95 Å². The summed E-state index contributed by atoms with van der Waals surface area (Å²) in [5, 5.41) is 0.990. The Morgan fingerprint density at radius 3 is 3.09 bits per heavy atom. The molecule has 56 valence electrons. The molecular weight excluding hydrogens is 160 g/mol. The topological polar surface area (TPSA) is 64.7 Å². The third-order valence-electron chi connectivity index (χ3n) is 1.44. The second-order valence-corrected chi connectivity index (χ2v) is 2.99. The molecule has 0 spiro atoms. The fourth-order valence-corrected chi connectivity index (χ4v) is 1.61. The van der Waals surface area contributed by atoms with Crippen LogP contribution in [0, 0.1) is 6.92 Å². The molecule has 0 unspecified atom stereocenters. The van der Waals surface area contributed by atoms with Crippen LogP contribution in [0.2, 0.25) is 0 Å².